The molecule has 2 unspecified atom stereocenters. The second-order valence-corrected chi connectivity index (χ2v) is 10.5. The van der Waals surface area contributed by atoms with Crippen LogP contribution in [-0.2, 0) is 22.7 Å². The van der Waals surface area contributed by atoms with E-state index in [9.17, 15) is 9.59 Å². The van der Waals surface area contributed by atoms with Crippen molar-refractivity contribution in [1.82, 2.24) is 40.6 Å². The van der Waals surface area contributed by atoms with Crippen molar-refractivity contribution >= 4 is 11.8 Å². The van der Waals surface area contributed by atoms with Gasteiger partial charge in [0.25, 0.3) is 0 Å². The lowest BCUT2D eigenvalue weighted by atomic mass is 10.0. The first kappa shape index (κ1) is 28.4. The monoisotopic (exact) mass is 562 g/mol. The van der Waals surface area contributed by atoms with Gasteiger partial charge in [0.2, 0.25) is 11.8 Å². The van der Waals surface area contributed by atoms with Crippen molar-refractivity contribution < 1.29 is 9.59 Å². The van der Waals surface area contributed by atoms with Crippen LogP contribution in [0.5, 0.6) is 0 Å². The van der Waals surface area contributed by atoms with E-state index in [-0.39, 0.29) is 29.8 Å². The number of hydrogen-bond donors (Lipinski definition) is 2. The minimum Gasteiger partial charge on any atom is -0.344 e. The topological polar surface area (TPSA) is 120 Å². The number of aromatic nitrogens is 6. The van der Waals surface area contributed by atoms with Crippen molar-refractivity contribution in [3.8, 4) is 0 Å². The summed E-state index contributed by atoms with van der Waals surface area (Å²) in [7, 11) is 0. The molecule has 0 spiro atoms. The van der Waals surface area contributed by atoms with Crippen molar-refractivity contribution in [2.45, 2.75) is 45.9 Å². The summed E-state index contributed by atoms with van der Waals surface area (Å²) in [5, 5.41) is 23.4. The Hall–Kier alpha value is -5.12. The third-order valence-corrected chi connectivity index (χ3v) is 6.84. The number of nitrogens with zero attached hydrogens (tertiary/aromatic N) is 6. The third-order valence-electron chi connectivity index (χ3n) is 6.84. The van der Waals surface area contributed by atoms with Gasteiger partial charge in [0.15, 0.2) is 0 Å². The minimum atomic E-state index is -0.378. The molecule has 214 valence electrons. The molecule has 5 rings (SSSR count). The van der Waals surface area contributed by atoms with Crippen LogP contribution in [-0.4, -0.2) is 41.8 Å². The maximum absolute atomic E-state index is 12.5. The van der Waals surface area contributed by atoms with Crippen LogP contribution in [0.4, 0.5) is 0 Å². The van der Waals surface area contributed by atoms with Crippen LogP contribution in [0.1, 0.15) is 66.5 Å². The molecule has 10 nitrogen and oxygen atoms in total. The zero-order valence-electron chi connectivity index (χ0n) is 23.9. The summed E-state index contributed by atoms with van der Waals surface area (Å²) in [4.78, 5) is 24.3. The zero-order chi connectivity index (χ0) is 29.5. The summed E-state index contributed by atoms with van der Waals surface area (Å²) < 4.78 is 3.54. The van der Waals surface area contributed by atoms with E-state index in [1.807, 2.05) is 111 Å². The highest BCUT2D eigenvalue weighted by atomic mass is 16.2. The summed E-state index contributed by atoms with van der Waals surface area (Å²) in [6.45, 7) is 6.31. The fourth-order valence-corrected chi connectivity index (χ4v) is 4.63. The molecule has 2 heterocycles. The van der Waals surface area contributed by atoms with Crippen LogP contribution in [0.2, 0.25) is 0 Å². The molecule has 0 saturated carbocycles. The Bertz CT molecular complexity index is 1610. The van der Waals surface area contributed by atoms with Gasteiger partial charge in [-0.25, -0.2) is 9.36 Å². The van der Waals surface area contributed by atoms with E-state index in [0.29, 0.717) is 24.5 Å². The molecule has 3 aromatic carbocycles. The average Bonchev–Trinajstić information content (AvgIpc) is 3.66. The average molecular weight is 563 g/mol. The van der Waals surface area contributed by atoms with Gasteiger partial charge in [-0.1, -0.05) is 109 Å². The molecule has 0 aliphatic heterocycles. The van der Waals surface area contributed by atoms with E-state index in [1.165, 1.54) is 6.92 Å². The van der Waals surface area contributed by atoms with Gasteiger partial charge < -0.3 is 10.6 Å². The number of hydrogen-bond acceptors (Lipinski definition) is 6. The predicted molar refractivity (Wildman–Crippen MR) is 158 cm³/mol. The highest BCUT2D eigenvalue weighted by molar-refractivity contribution is 5.78. The van der Waals surface area contributed by atoms with Crippen LogP contribution in [0.15, 0.2) is 97.3 Å². The van der Waals surface area contributed by atoms with E-state index < -0.39 is 0 Å². The smallest absolute Gasteiger partial charge is 0.223 e. The fraction of sp³-hybridized carbons (Fsp3) is 0.250. The van der Waals surface area contributed by atoms with E-state index in [4.69, 9.17) is 0 Å². The molecular weight excluding hydrogens is 528 g/mol. The second kappa shape index (κ2) is 13.0. The number of benzene rings is 3. The molecular formula is C32H34N8O2. The van der Waals surface area contributed by atoms with Gasteiger partial charge in [-0.15, -0.1) is 10.2 Å². The highest BCUT2D eigenvalue weighted by Crippen LogP contribution is 2.22. The first-order valence-electron chi connectivity index (χ1n) is 13.9. The SMILES string of the molecule is CC(=O)NC(c1ccccc1)c1cn(Cc2ccc(Cn3cc(C(NC(=O)C(C)C)c4ccccc4)nn3)cc2)nn1. The number of carbonyl (C=O) groups excluding carboxylic acids is 2. The Morgan fingerprint density at radius 3 is 1.50 bits per heavy atom. The van der Waals surface area contributed by atoms with E-state index in [0.717, 1.165) is 22.3 Å². The maximum Gasteiger partial charge on any atom is 0.223 e. The molecule has 2 N–H and O–H groups in total. The molecule has 0 aliphatic carbocycles. The summed E-state index contributed by atoms with van der Waals surface area (Å²) in [5.41, 5.74) is 5.37. The molecule has 2 amide bonds. The van der Waals surface area contributed by atoms with E-state index >= 15 is 0 Å². The van der Waals surface area contributed by atoms with E-state index in [1.54, 1.807) is 9.36 Å². The van der Waals surface area contributed by atoms with Crippen LogP contribution >= 0.6 is 0 Å². The Morgan fingerprint density at radius 1 is 0.667 bits per heavy atom. The molecule has 2 aromatic heterocycles. The van der Waals surface area contributed by atoms with Gasteiger partial charge in [-0.2, -0.15) is 0 Å². The van der Waals surface area contributed by atoms with Gasteiger partial charge in [0.05, 0.1) is 37.6 Å². The Morgan fingerprint density at radius 2 is 1.10 bits per heavy atom. The molecule has 0 fully saturated rings. The largest absolute Gasteiger partial charge is 0.344 e. The molecule has 0 aliphatic rings. The quantitative estimate of drug-likeness (QED) is 0.251. The molecule has 0 bridgehead atoms. The number of amides is 2. The summed E-state index contributed by atoms with van der Waals surface area (Å²) >= 11 is 0. The second-order valence-electron chi connectivity index (χ2n) is 10.5. The first-order chi connectivity index (χ1) is 20.4. The number of nitrogens with one attached hydrogen (secondary N) is 2. The molecule has 5 aromatic rings. The lowest BCUT2D eigenvalue weighted by Gasteiger charge is -2.18. The van der Waals surface area contributed by atoms with Crippen molar-refractivity contribution in [2.75, 3.05) is 0 Å². The highest BCUT2D eigenvalue weighted by Gasteiger charge is 2.22. The van der Waals surface area contributed by atoms with Crippen molar-refractivity contribution in [3.63, 3.8) is 0 Å². The Balaban J connectivity index is 1.25. The number of rotatable bonds is 11. The Labute approximate surface area is 244 Å². The predicted octanol–water partition coefficient (Wildman–Crippen LogP) is 4.05. The maximum atomic E-state index is 12.5. The van der Waals surface area contributed by atoms with Crippen LogP contribution < -0.4 is 10.6 Å². The fourth-order valence-electron chi connectivity index (χ4n) is 4.63. The summed E-state index contributed by atoms with van der Waals surface area (Å²) in [6.07, 6.45) is 3.74. The van der Waals surface area contributed by atoms with Gasteiger partial charge in [0, 0.05) is 12.8 Å². The lowest BCUT2D eigenvalue weighted by molar-refractivity contribution is -0.124. The van der Waals surface area contributed by atoms with Crippen molar-refractivity contribution in [3.05, 3.63) is 131 Å². The lowest BCUT2D eigenvalue weighted by Crippen LogP contribution is -2.32. The molecule has 2 atom stereocenters. The van der Waals surface area contributed by atoms with Gasteiger partial charge >= 0.3 is 0 Å². The third kappa shape index (κ3) is 7.14. The number of carbonyl (C=O) groups is 2. The molecule has 42 heavy (non-hydrogen) atoms. The standard InChI is InChI=1S/C32H34N8O2/c1-22(2)32(42)34-31(27-12-8-5-9-13-27)29-21-40(38-36-29)19-25-16-14-24(15-17-25)18-39-20-28(35-37-39)30(33-23(3)41)26-10-6-4-7-11-26/h4-17,20-22,30-31H,18-19H2,1-3H3,(H,33,41)(H,34,42). The summed E-state index contributed by atoms with van der Waals surface area (Å²) in [6, 6.07) is 27.0. The van der Waals surface area contributed by atoms with Crippen molar-refractivity contribution in [2.24, 2.45) is 5.92 Å². The van der Waals surface area contributed by atoms with Gasteiger partial charge in [-0.3, -0.25) is 9.59 Å². The summed E-state index contributed by atoms with van der Waals surface area (Å²) in [5.74, 6) is -0.319. The minimum absolute atomic E-state index is 0.0424. The molecule has 10 heteroatoms. The first-order valence-corrected chi connectivity index (χ1v) is 13.9. The molecule has 0 saturated heterocycles. The van der Waals surface area contributed by atoms with Gasteiger partial charge in [0.1, 0.15) is 11.4 Å². The Kier molecular flexibility index (Phi) is 8.81. The molecule has 0 radical (unpaired) electrons. The van der Waals surface area contributed by atoms with Crippen LogP contribution in [0, 0.1) is 5.92 Å². The zero-order valence-corrected chi connectivity index (χ0v) is 23.9. The van der Waals surface area contributed by atoms with E-state index in [2.05, 4.69) is 31.3 Å². The van der Waals surface area contributed by atoms with Crippen molar-refractivity contribution in [1.29, 1.82) is 0 Å². The normalized spacial score (nSPS) is 12.6. The van der Waals surface area contributed by atoms with Crippen LogP contribution in [0.3, 0.4) is 0 Å². The van der Waals surface area contributed by atoms with Gasteiger partial charge in [-0.05, 0) is 22.3 Å². The van der Waals surface area contributed by atoms with Crippen LogP contribution in [0.25, 0.3) is 0 Å².